The zero-order valence-electron chi connectivity index (χ0n) is 14.2. The molecule has 0 saturated heterocycles. The van der Waals surface area contributed by atoms with Crippen LogP contribution in [-0.4, -0.2) is 36.8 Å². The number of rotatable bonds is 8. The van der Waals surface area contributed by atoms with Gasteiger partial charge in [-0.2, -0.15) is 0 Å². The Morgan fingerprint density at radius 2 is 1.07 bits per heavy atom. The van der Waals surface area contributed by atoms with Crippen LogP contribution in [-0.2, 0) is 14.3 Å². The SMILES string of the molecule is NC(=O)CNc1ccccc1C(=O)OC(=O)c1ccccc1NCC(N)=O. The highest BCUT2D eigenvalue weighted by atomic mass is 16.6. The van der Waals surface area contributed by atoms with E-state index in [2.05, 4.69) is 10.6 Å². The number of benzene rings is 2. The first kappa shape index (κ1) is 19.4. The quantitative estimate of drug-likeness (QED) is 0.389. The second kappa shape index (κ2) is 8.99. The Morgan fingerprint density at radius 3 is 1.44 bits per heavy atom. The Balaban J connectivity index is 2.16. The molecule has 0 saturated carbocycles. The molecule has 2 amide bonds. The van der Waals surface area contributed by atoms with E-state index in [1.54, 1.807) is 36.4 Å². The third-order valence-electron chi connectivity index (χ3n) is 3.39. The van der Waals surface area contributed by atoms with Gasteiger partial charge < -0.3 is 26.8 Å². The van der Waals surface area contributed by atoms with E-state index in [9.17, 15) is 19.2 Å². The summed E-state index contributed by atoms with van der Waals surface area (Å²) >= 11 is 0. The predicted octanol–water partition coefficient (Wildman–Crippen LogP) is 0.478. The Morgan fingerprint density at radius 1 is 0.704 bits per heavy atom. The Hall–Kier alpha value is -3.88. The Bertz CT molecular complexity index is 810. The maximum absolute atomic E-state index is 12.4. The molecule has 0 unspecified atom stereocenters. The number of amides is 2. The molecule has 0 aliphatic rings. The number of ether oxygens (including phenoxy) is 1. The summed E-state index contributed by atoms with van der Waals surface area (Å²) in [6, 6.07) is 12.4. The molecular formula is C18H18N4O5. The van der Waals surface area contributed by atoms with Crippen molar-refractivity contribution in [2.75, 3.05) is 23.7 Å². The van der Waals surface area contributed by atoms with Gasteiger partial charge in [-0.3, -0.25) is 9.59 Å². The Kier molecular flexibility index (Phi) is 6.48. The van der Waals surface area contributed by atoms with Gasteiger partial charge in [0.05, 0.1) is 24.2 Å². The first-order valence-corrected chi connectivity index (χ1v) is 7.87. The van der Waals surface area contributed by atoms with Crippen molar-refractivity contribution in [3.05, 3.63) is 59.7 Å². The molecule has 140 valence electrons. The maximum Gasteiger partial charge on any atom is 0.348 e. The average molecular weight is 370 g/mol. The fraction of sp³-hybridized carbons (Fsp3) is 0.111. The third-order valence-corrected chi connectivity index (χ3v) is 3.39. The molecule has 9 heteroatoms. The number of hydrogen-bond acceptors (Lipinski definition) is 7. The van der Waals surface area contributed by atoms with Crippen LogP contribution in [0.4, 0.5) is 11.4 Å². The summed E-state index contributed by atoms with van der Waals surface area (Å²) in [6.45, 7) is -0.365. The van der Waals surface area contributed by atoms with Crippen LogP contribution in [0.5, 0.6) is 0 Å². The van der Waals surface area contributed by atoms with Crippen LogP contribution in [0.1, 0.15) is 20.7 Å². The van der Waals surface area contributed by atoms with Crippen LogP contribution in [0.25, 0.3) is 0 Å². The van der Waals surface area contributed by atoms with Gasteiger partial charge in [0.1, 0.15) is 0 Å². The largest absolute Gasteiger partial charge is 0.386 e. The average Bonchev–Trinajstić information content (AvgIpc) is 2.65. The van der Waals surface area contributed by atoms with Crippen LogP contribution >= 0.6 is 0 Å². The minimum absolute atomic E-state index is 0.0645. The van der Waals surface area contributed by atoms with Crippen molar-refractivity contribution < 1.29 is 23.9 Å². The van der Waals surface area contributed by atoms with E-state index < -0.39 is 23.8 Å². The van der Waals surface area contributed by atoms with Crippen molar-refractivity contribution in [1.82, 2.24) is 0 Å². The maximum atomic E-state index is 12.4. The zero-order valence-corrected chi connectivity index (χ0v) is 14.2. The van der Waals surface area contributed by atoms with E-state index in [4.69, 9.17) is 16.2 Å². The summed E-state index contributed by atoms with van der Waals surface area (Å²) in [7, 11) is 0. The van der Waals surface area contributed by atoms with Gasteiger partial charge >= 0.3 is 11.9 Å². The first-order chi connectivity index (χ1) is 12.9. The number of primary amides is 2. The smallest absolute Gasteiger partial charge is 0.348 e. The Labute approximate surface area is 154 Å². The van der Waals surface area contributed by atoms with Gasteiger partial charge in [0, 0.05) is 11.4 Å². The zero-order chi connectivity index (χ0) is 19.8. The summed E-state index contributed by atoms with van der Waals surface area (Å²) < 4.78 is 4.93. The van der Waals surface area contributed by atoms with E-state index in [-0.39, 0.29) is 24.2 Å². The van der Waals surface area contributed by atoms with Crippen molar-refractivity contribution in [3.8, 4) is 0 Å². The second-order valence-electron chi connectivity index (χ2n) is 5.41. The number of nitrogens with two attached hydrogens (primary N) is 2. The van der Waals surface area contributed by atoms with Gasteiger partial charge in [-0.25, -0.2) is 9.59 Å². The van der Waals surface area contributed by atoms with E-state index in [1.807, 2.05) is 0 Å². The standard InChI is InChI=1S/C18H18N4O5/c19-15(23)9-21-13-7-3-1-5-11(13)17(25)27-18(26)12-6-2-4-8-14(12)22-10-16(20)24/h1-8,21-22H,9-10H2,(H2,19,23)(H2,20,24). The lowest BCUT2D eigenvalue weighted by Crippen LogP contribution is -2.24. The molecule has 6 N–H and O–H groups in total. The fourth-order valence-electron chi connectivity index (χ4n) is 2.19. The number of anilines is 2. The molecule has 2 rings (SSSR count). The fourth-order valence-corrected chi connectivity index (χ4v) is 2.19. The van der Waals surface area contributed by atoms with Crippen molar-refractivity contribution in [3.63, 3.8) is 0 Å². The van der Waals surface area contributed by atoms with E-state index in [0.717, 1.165) is 0 Å². The highest BCUT2D eigenvalue weighted by molar-refractivity contribution is 6.07. The summed E-state index contributed by atoms with van der Waals surface area (Å²) in [5, 5.41) is 5.40. The number of carbonyl (C=O) groups excluding carboxylic acids is 4. The second-order valence-corrected chi connectivity index (χ2v) is 5.41. The minimum atomic E-state index is -0.905. The van der Waals surface area contributed by atoms with Crippen molar-refractivity contribution in [2.24, 2.45) is 11.5 Å². The molecule has 0 fully saturated rings. The van der Waals surface area contributed by atoms with Gasteiger partial charge in [0.25, 0.3) is 0 Å². The van der Waals surface area contributed by atoms with E-state index in [1.165, 1.54) is 12.1 Å². The highest BCUT2D eigenvalue weighted by Crippen LogP contribution is 2.19. The molecule has 0 bridgehead atoms. The van der Waals surface area contributed by atoms with E-state index in [0.29, 0.717) is 11.4 Å². The lowest BCUT2D eigenvalue weighted by Gasteiger charge is -2.12. The van der Waals surface area contributed by atoms with Gasteiger partial charge in [-0.15, -0.1) is 0 Å². The number of carbonyl (C=O) groups is 4. The highest BCUT2D eigenvalue weighted by Gasteiger charge is 2.20. The van der Waals surface area contributed by atoms with Gasteiger partial charge in [0.15, 0.2) is 0 Å². The van der Waals surface area contributed by atoms with Crippen LogP contribution in [0.15, 0.2) is 48.5 Å². The molecule has 2 aromatic carbocycles. The molecular weight excluding hydrogens is 352 g/mol. The van der Waals surface area contributed by atoms with Crippen LogP contribution in [0, 0.1) is 0 Å². The van der Waals surface area contributed by atoms with Gasteiger partial charge in [-0.1, -0.05) is 24.3 Å². The molecule has 0 spiro atoms. The molecule has 9 nitrogen and oxygen atoms in total. The summed E-state index contributed by atoms with van der Waals surface area (Å²) in [6.07, 6.45) is 0. The minimum Gasteiger partial charge on any atom is -0.386 e. The third kappa shape index (κ3) is 5.56. The predicted molar refractivity (Wildman–Crippen MR) is 98.0 cm³/mol. The lowest BCUT2D eigenvalue weighted by atomic mass is 10.1. The molecule has 2 aromatic rings. The number of para-hydroxylation sites is 2. The monoisotopic (exact) mass is 370 g/mol. The molecule has 0 atom stereocenters. The van der Waals surface area contributed by atoms with Gasteiger partial charge in [0.2, 0.25) is 11.8 Å². The molecule has 0 radical (unpaired) electrons. The molecule has 27 heavy (non-hydrogen) atoms. The summed E-state index contributed by atoms with van der Waals surface area (Å²) in [4.78, 5) is 46.6. The first-order valence-electron chi connectivity index (χ1n) is 7.87. The van der Waals surface area contributed by atoms with Crippen LogP contribution in [0.3, 0.4) is 0 Å². The summed E-state index contributed by atoms with van der Waals surface area (Å²) in [5.74, 6) is -3.03. The molecule has 0 aromatic heterocycles. The van der Waals surface area contributed by atoms with Crippen molar-refractivity contribution in [2.45, 2.75) is 0 Å². The number of esters is 2. The molecule has 0 heterocycles. The van der Waals surface area contributed by atoms with E-state index >= 15 is 0 Å². The van der Waals surface area contributed by atoms with Gasteiger partial charge in [-0.05, 0) is 24.3 Å². The molecule has 0 aliphatic heterocycles. The number of nitrogens with one attached hydrogen (secondary N) is 2. The van der Waals surface area contributed by atoms with Crippen LogP contribution < -0.4 is 22.1 Å². The normalized spacial score (nSPS) is 9.93. The number of hydrogen-bond donors (Lipinski definition) is 4. The lowest BCUT2D eigenvalue weighted by molar-refractivity contribution is -0.117. The van der Waals surface area contributed by atoms with Crippen molar-refractivity contribution in [1.29, 1.82) is 0 Å². The van der Waals surface area contributed by atoms with Crippen molar-refractivity contribution >= 4 is 35.1 Å². The topological polar surface area (TPSA) is 154 Å². The van der Waals surface area contributed by atoms with Crippen LogP contribution in [0.2, 0.25) is 0 Å². The summed E-state index contributed by atoms with van der Waals surface area (Å²) in [5.41, 5.74) is 10.9. The molecule has 0 aliphatic carbocycles.